The van der Waals surface area contributed by atoms with E-state index in [1.165, 1.54) is 0 Å². The number of anilines is 2. The van der Waals surface area contributed by atoms with Crippen LogP contribution in [0, 0.1) is 0 Å². The maximum absolute atomic E-state index is 12.3. The molecule has 154 valence electrons. The second-order valence-electron chi connectivity index (χ2n) is 6.24. The van der Waals surface area contributed by atoms with Crippen molar-refractivity contribution in [2.24, 2.45) is 0 Å². The molecule has 0 aliphatic heterocycles. The summed E-state index contributed by atoms with van der Waals surface area (Å²) in [5, 5.41) is 5.83. The summed E-state index contributed by atoms with van der Waals surface area (Å²) in [6.07, 6.45) is 5.03. The Kier molecular flexibility index (Phi) is 8.55. The van der Waals surface area contributed by atoms with Crippen molar-refractivity contribution in [2.75, 3.05) is 24.4 Å². The van der Waals surface area contributed by atoms with Crippen molar-refractivity contribution in [1.29, 1.82) is 0 Å². The molecular formula is C22H25ClN2O4. The average molecular weight is 417 g/mol. The quantitative estimate of drug-likeness (QED) is 0.593. The second kappa shape index (κ2) is 11.1. The van der Waals surface area contributed by atoms with E-state index in [0.29, 0.717) is 34.3 Å². The first-order chi connectivity index (χ1) is 14.0. The van der Waals surface area contributed by atoms with Crippen LogP contribution in [0.5, 0.6) is 11.5 Å². The summed E-state index contributed by atoms with van der Waals surface area (Å²) < 4.78 is 10.9. The third-order valence-electron chi connectivity index (χ3n) is 3.91. The SMILES string of the molecule is C/C=C/c1ccc(OCC(=O)Nc2cc(NC(=O)CCC)ccc2Cl)c(OC)c1. The van der Waals surface area contributed by atoms with Crippen molar-refractivity contribution in [2.45, 2.75) is 26.7 Å². The van der Waals surface area contributed by atoms with E-state index in [2.05, 4.69) is 10.6 Å². The van der Waals surface area contributed by atoms with Crippen LogP contribution in [0.15, 0.2) is 42.5 Å². The van der Waals surface area contributed by atoms with Gasteiger partial charge in [-0.15, -0.1) is 0 Å². The van der Waals surface area contributed by atoms with Crippen molar-refractivity contribution in [3.63, 3.8) is 0 Å². The first kappa shape index (κ1) is 22.3. The molecule has 7 heteroatoms. The molecule has 0 fully saturated rings. The molecule has 0 radical (unpaired) electrons. The van der Waals surface area contributed by atoms with Crippen molar-refractivity contribution in [3.8, 4) is 11.5 Å². The highest BCUT2D eigenvalue weighted by atomic mass is 35.5. The molecule has 0 aromatic heterocycles. The Morgan fingerprint density at radius 3 is 2.55 bits per heavy atom. The zero-order chi connectivity index (χ0) is 21.2. The summed E-state index contributed by atoms with van der Waals surface area (Å²) in [6, 6.07) is 10.3. The standard InChI is InChI=1S/C22H25ClN2O4/c1-4-6-15-8-11-19(20(12-15)28-3)29-14-22(27)25-18-13-16(9-10-17(18)23)24-21(26)7-5-2/h4,6,8-13H,5,7,14H2,1-3H3,(H,24,26)(H,25,27)/b6-4+. The van der Waals surface area contributed by atoms with Gasteiger partial charge < -0.3 is 20.1 Å². The maximum atomic E-state index is 12.3. The molecule has 2 aromatic carbocycles. The molecular weight excluding hydrogens is 392 g/mol. The molecule has 0 spiro atoms. The number of allylic oxidation sites excluding steroid dienone is 1. The third kappa shape index (κ3) is 6.84. The topological polar surface area (TPSA) is 76.7 Å². The molecule has 29 heavy (non-hydrogen) atoms. The minimum atomic E-state index is -0.386. The molecule has 0 atom stereocenters. The van der Waals surface area contributed by atoms with Gasteiger partial charge in [0.15, 0.2) is 18.1 Å². The fraction of sp³-hybridized carbons (Fsp3) is 0.273. The maximum Gasteiger partial charge on any atom is 0.262 e. The van der Waals surface area contributed by atoms with Gasteiger partial charge in [-0.3, -0.25) is 9.59 Å². The summed E-state index contributed by atoms with van der Waals surface area (Å²) in [6.45, 7) is 3.63. The highest BCUT2D eigenvalue weighted by Crippen LogP contribution is 2.29. The third-order valence-corrected chi connectivity index (χ3v) is 4.24. The van der Waals surface area contributed by atoms with Gasteiger partial charge in [-0.25, -0.2) is 0 Å². The smallest absolute Gasteiger partial charge is 0.262 e. The molecule has 2 rings (SSSR count). The predicted molar refractivity (Wildman–Crippen MR) is 117 cm³/mol. The number of benzene rings is 2. The lowest BCUT2D eigenvalue weighted by Gasteiger charge is -2.13. The van der Waals surface area contributed by atoms with Crippen LogP contribution in [0.3, 0.4) is 0 Å². The van der Waals surface area contributed by atoms with Crippen LogP contribution in [0.1, 0.15) is 32.3 Å². The van der Waals surface area contributed by atoms with Gasteiger partial charge in [-0.05, 0) is 49.2 Å². The summed E-state index contributed by atoms with van der Waals surface area (Å²) in [4.78, 5) is 24.1. The van der Waals surface area contributed by atoms with Gasteiger partial charge in [-0.1, -0.05) is 36.7 Å². The van der Waals surface area contributed by atoms with E-state index >= 15 is 0 Å². The minimum absolute atomic E-state index is 0.0936. The van der Waals surface area contributed by atoms with Crippen LogP contribution >= 0.6 is 11.6 Å². The number of ether oxygens (including phenoxy) is 2. The Bertz CT molecular complexity index is 896. The van der Waals surface area contributed by atoms with E-state index in [9.17, 15) is 9.59 Å². The van der Waals surface area contributed by atoms with Crippen LogP contribution < -0.4 is 20.1 Å². The number of rotatable bonds is 9. The van der Waals surface area contributed by atoms with E-state index in [0.717, 1.165) is 12.0 Å². The normalized spacial score (nSPS) is 10.6. The van der Waals surface area contributed by atoms with Gasteiger partial charge in [0.2, 0.25) is 5.91 Å². The number of amides is 2. The summed E-state index contributed by atoms with van der Waals surface area (Å²) in [7, 11) is 1.54. The van der Waals surface area contributed by atoms with Gasteiger partial charge in [-0.2, -0.15) is 0 Å². The number of carbonyl (C=O) groups is 2. The van der Waals surface area contributed by atoms with Crippen molar-refractivity contribution >= 4 is 40.9 Å². The van der Waals surface area contributed by atoms with E-state index in [1.54, 1.807) is 31.4 Å². The predicted octanol–water partition coefficient (Wildman–Crippen LogP) is 5.14. The molecule has 0 heterocycles. The Labute approximate surface area is 175 Å². The summed E-state index contributed by atoms with van der Waals surface area (Å²) >= 11 is 6.16. The zero-order valence-corrected chi connectivity index (χ0v) is 17.5. The largest absolute Gasteiger partial charge is 0.493 e. The van der Waals surface area contributed by atoms with Crippen molar-refractivity contribution in [1.82, 2.24) is 0 Å². The molecule has 2 amide bonds. The fourth-order valence-corrected chi connectivity index (χ4v) is 2.74. The van der Waals surface area contributed by atoms with Gasteiger partial charge in [0.1, 0.15) is 0 Å². The number of halogens is 1. The summed E-state index contributed by atoms with van der Waals surface area (Å²) in [5.41, 5.74) is 1.92. The number of hydrogen-bond donors (Lipinski definition) is 2. The van der Waals surface area contributed by atoms with Crippen LogP contribution in [0.25, 0.3) is 6.08 Å². The monoisotopic (exact) mass is 416 g/mol. The van der Waals surface area contributed by atoms with Crippen molar-refractivity contribution < 1.29 is 19.1 Å². The van der Waals surface area contributed by atoms with Gasteiger partial charge in [0.05, 0.1) is 17.8 Å². The molecule has 0 unspecified atom stereocenters. The van der Waals surface area contributed by atoms with Gasteiger partial charge >= 0.3 is 0 Å². The molecule has 0 bridgehead atoms. The van der Waals surface area contributed by atoms with E-state index in [1.807, 2.05) is 38.1 Å². The Morgan fingerprint density at radius 2 is 1.86 bits per heavy atom. The molecule has 2 N–H and O–H groups in total. The van der Waals surface area contributed by atoms with E-state index in [4.69, 9.17) is 21.1 Å². The molecule has 6 nitrogen and oxygen atoms in total. The Balaban J connectivity index is 2.01. The first-order valence-corrected chi connectivity index (χ1v) is 9.67. The minimum Gasteiger partial charge on any atom is -0.493 e. The number of nitrogens with one attached hydrogen (secondary N) is 2. The highest BCUT2D eigenvalue weighted by Gasteiger charge is 2.11. The number of carbonyl (C=O) groups excluding carboxylic acids is 2. The Morgan fingerprint density at radius 1 is 1.07 bits per heavy atom. The van der Waals surface area contributed by atoms with Crippen LogP contribution in [-0.2, 0) is 9.59 Å². The molecule has 0 saturated heterocycles. The molecule has 0 saturated carbocycles. The Hall–Kier alpha value is -2.99. The zero-order valence-electron chi connectivity index (χ0n) is 16.8. The number of methoxy groups -OCH3 is 1. The van der Waals surface area contributed by atoms with Gasteiger partial charge in [0.25, 0.3) is 5.91 Å². The van der Waals surface area contributed by atoms with E-state index in [-0.39, 0.29) is 18.4 Å². The molecule has 0 aliphatic rings. The van der Waals surface area contributed by atoms with Crippen LogP contribution in [0.2, 0.25) is 5.02 Å². The second-order valence-corrected chi connectivity index (χ2v) is 6.65. The van der Waals surface area contributed by atoms with Gasteiger partial charge in [0, 0.05) is 12.1 Å². The first-order valence-electron chi connectivity index (χ1n) is 9.29. The lowest BCUT2D eigenvalue weighted by Crippen LogP contribution is -2.20. The lowest BCUT2D eigenvalue weighted by molar-refractivity contribution is -0.118. The lowest BCUT2D eigenvalue weighted by atomic mass is 10.2. The summed E-state index contributed by atoms with van der Waals surface area (Å²) in [5.74, 6) is 0.516. The highest BCUT2D eigenvalue weighted by molar-refractivity contribution is 6.33. The van der Waals surface area contributed by atoms with Crippen LogP contribution in [0.4, 0.5) is 11.4 Å². The number of hydrogen-bond acceptors (Lipinski definition) is 4. The van der Waals surface area contributed by atoms with Crippen molar-refractivity contribution in [3.05, 3.63) is 53.1 Å². The van der Waals surface area contributed by atoms with Crippen LogP contribution in [-0.4, -0.2) is 25.5 Å². The van der Waals surface area contributed by atoms with E-state index < -0.39 is 0 Å². The molecule has 2 aromatic rings. The molecule has 0 aliphatic carbocycles. The fourth-order valence-electron chi connectivity index (χ4n) is 2.58. The average Bonchev–Trinajstić information content (AvgIpc) is 2.69.